The van der Waals surface area contributed by atoms with Crippen LogP contribution in [0.3, 0.4) is 0 Å². The summed E-state index contributed by atoms with van der Waals surface area (Å²) in [6, 6.07) is 1.83. The topological polar surface area (TPSA) is 69.3 Å². The number of furan rings is 1. The van der Waals surface area contributed by atoms with Gasteiger partial charge in [0.2, 0.25) is 0 Å². The van der Waals surface area contributed by atoms with E-state index >= 15 is 0 Å². The average Bonchev–Trinajstić information content (AvgIpc) is 3.04. The van der Waals surface area contributed by atoms with Gasteiger partial charge in [-0.05, 0) is 19.9 Å². The normalized spacial score (nSPS) is 12.4. The summed E-state index contributed by atoms with van der Waals surface area (Å²) in [5.74, 6) is 0.301. The minimum atomic E-state index is -0.392. The summed E-state index contributed by atoms with van der Waals surface area (Å²) in [6.45, 7) is 4.63. The van der Waals surface area contributed by atoms with Crippen molar-refractivity contribution < 1.29 is 13.9 Å². The number of aromatic nitrogens is 2. The Bertz CT molecular complexity index is 601. The summed E-state index contributed by atoms with van der Waals surface area (Å²) in [6.07, 6.45) is 3.26. The number of hydrogen-bond acceptors (Lipinski definition) is 5. The number of rotatable bonds is 5. The van der Waals surface area contributed by atoms with Crippen molar-refractivity contribution in [2.45, 2.75) is 26.4 Å². The molecular weight excluding hydrogens is 258 g/mol. The number of carbonyl (C=O) groups is 1. The fraction of sp³-hybridized carbons (Fsp3) is 0.429. The molecule has 1 unspecified atom stereocenters. The Morgan fingerprint density at radius 1 is 1.60 bits per heavy atom. The van der Waals surface area contributed by atoms with Crippen LogP contribution in [0.4, 0.5) is 0 Å². The third kappa shape index (κ3) is 2.91. The average molecular weight is 277 g/mol. The number of nitrogens with one attached hydrogen (secondary N) is 1. The lowest BCUT2D eigenvalue weighted by Gasteiger charge is -2.12. The first-order chi connectivity index (χ1) is 9.52. The van der Waals surface area contributed by atoms with E-state index in [4.69, 9.17) is 4.42 Å². The lowest BCUT2D eigenvalue weighted by Crippen LogP contribution is -2.18. The van der Waals surface area contributed by atoms with Crippen LogP contribution in [0.5, 0.6) is 0 Å². The molecule has 6 heteroatoms. The Morgan fingerprint density at radius 3 is 2.95 bits per heavy atom. The highest BCUT2D eigenvalue weighted by molar-refractivity contribution is 5.88. The smallest absolute Gasteiger partial charge is 0.341 e. The number of ether oxygens (including phenoxy) is 1. The molecule has 0 spiro atoms. The van der Waals surface area contributed by atoms with Crippen molar-refractivity contribution in [2.24, 2.45) is 7.05 Å². The van der Waals surface area contributed by atoms with Crippen LogP contribution >= 0.6 is 0 Å². The first-order valence-electron chi connectivity index (χ1n) is 6.40. The molecule has 0 radical (unpaired) electrons. The first-order valence-corrected chi connectivity index (χ1v) is 6.40. The molecule has 108 valence electrons. The van der Waals surface area contributed by atoms with E-state index in [-0.39, 0.29) is 6.04 Å². The quantitative estimate of drug-likeness (QED) is 0.846. The molecule has 0 aliphatic heterocycles. The van der Waals surface area contributed by atoms with Crippen LogP contribution in [0.15, 0.2) is 22.9 Å². The number of esters is 1. The zero-order valence-corrected chi connectivity index (χ0v) is 12.1. The Balaban J connectivity index is 1.96. The second kappa shape index (κ2) is 5.92. The second-order valence-corrected chi connectivity index (χ2v) is 4.70. The summed E-state index contributed by atoms with van der Waals surface area (Å²) < 4.78 is 11.8. The summed E-state index contributed by atoms with van der Waals surface area (Å²) in [5, 5.41) is 7.56. The van der Waals surface area contributed by atoms with Gasteiger partial charge in [0.15, 0.2) is 0 Å². The van der Waals surface area contributed by atoms with E-state index in [9.17, 15) is 4.79 Å². The van der Waals surface area contributed by atoms with Crippen LogP contribution in [0, 0.1) is 6.92 Å². The standard InChI is InChI=1S/C14H19N3O3/c1-9(13-7-16-17(3)10(13)2)15-6-12-5-11(8-20-12)14(18)19-4/h5,7-9,15H,6H2,1-4H3. The van der Waals surface area contributed by atoms with Crippen molar-refractivity contribution in [2.75, 3.05) is 7.11 Å². The molecule has 1 N–H and O–H groups in total. The molecular formula is C14H19N3O3. The third-order valence-electron chi connectivity index (χ3n) is 3.40. The maximum absolute atomic E-state index is 11.3. The molecule has 0 amide bonds. The molecule has 0 saturated heterocycles. The molecule has 0 saturated carbocycles. The number of hydrogen-bond donors (Lipinski definition) is 1. The van der Waals surface area contributed by atoms with Crippen LogP contribution in [-0.4, -0.2) is 22.9 Å². The highest BCUT2D eigenvalue weighted by Crippen LogP contribution is 2.17. The zero-order chi connectivity index (χ0) is 14.7. The molecule has 2 aromatic rings. The van der Waals surface area contributed by atoms with E-state index in [0.29, 0.717) is 17.9 Å². The van der Waals surface area contributed by atoms with E-state index in [1.165, 1.54) is 13.4 Å². The van der Waals surface area contributed by atoms with Crippen LogP contribution < -0.4 is 5.32 Å². The van der Waals surface area contributed by atoms with Crippen LogP contribution in [-0.2, 0) is 18.3 Å². The van der Waals surface area contributed by atoms with Gasteiger partial charge in [-0.1, -0.05) is 0 Å². The predicted molar refractivity (Wildman–Crippen MR) is 73.2 cm³/mol. The lowest BCUT2D eigenvalue weighted by molar-refractivity contribution is 0.0600. The van der Waals surface area contributed by atoms with Gasteiger partial charge in [-0.25, -0.2) is 4.79 Å². The number of aryl methyl sites for hydroxylation is 1. The van der Waals surface area contributed by atoms with E-state index < -0.39 is 5.97 Å². The molecule has 0 aliphatic carbocycles. The zero-order valence-electron chi connectivity index (χ0n) is 12.1. The highest BCUT2D eigenvalue weighted by atomic mass is 16.5. The molecule has 1 atom stereocenters. The number of methoxy groups -OCH3 is 1. The summed E-state index contributed by atoms with van der Waals surface area (Å²) in [7, 11) is 3.27. The highest BCUT2D eigenvalue weighted by Gasteiger charge is 2.14. The molecule has 2 heterocycles. The van der Waals surface area contributed by atoms with Gasteiger partial charge < -0.3 is 14.5 Å². The minimum Gasteiger partial charge on any atom is -0.467 e. The van der Waals surface area contributed by atoms with Crippen molar-refractivity contribution in [3.63, 3.8) is 0 Å². The van der Waals surface area contributed by atoms with Gasteiger partial charge >= 0.3 is 5.97 Å². The Labute approximate surface area is 117 Å². The number of carbonyl (C=O) groups excluding carboxylic acids is 1. The Kier molecular flexibility index (Phi) is 4.24. The van der Waals surface area contributed by atoms with Gasteiger partial charge in [-0.3, -0.25) is 4.68 Å². The van der Waals surface area contributed by atoms with Crippen molar-refractivity contribution in [3.05, 3.63) is 41.1 Å². The third-order valence-corrected chi connectivity index (χ3v) is 3.40. The van der Waals surface area contributed by atoms with Crippen LogP contribution in [0.25, 0.3) is 0 Å². The molecule has 20 heavy (non-hydrogen) atoms. The van der Waals surface area contributed by atoms with Gasteiger partial charge in [0, 0.05) is 24.3 Å². The molecule has 0 bridgehead atoms. The molecule has 0 fully saturated rings. The van der Waals surface area contributed by atoms with Gasteiger partial charge in [0.25, 0.3) is 0 Å². The summed E-state index contributed by atoms with van der Waals surface area (Å²) in [4.78, 5) is 11.3. The SMILES string of the molecule is COC(=O)c1coc(CNC(C)c2cnn(C)c2C)c1. The molecule has 2 rings (SSSR count). The Morgan fingerprint density at radius 2 is 2.35 bits per heavy atom. The van der Waals surface area contributed by atoms with E-state index in [1.807, 2.05) is 24.9 Å². The van der Waals surface area contributed by atoms with Crippen molar-refractivity contribution in [3.8, 4) is 0 Å². The van der Waals surface area contributed by atoms with E-state index in [0.717, 1.165) is 11.3 Å². The lowest BCUT2D eigenvalue weighted by atomic mass is 10.1. The van der Waals surface area contributed by atoms with Gasteiger partial charge in [0.1, 0.15) is 12.0 Å². The minimum absolute atomic E-state index is 0.148. The van der Waals surface area contributed by atoms with Crippen molar-refractivity contribution in [1.82, 2.24) is 15.1 Å². The van der Waals surface area contributed by atoms with Crippen molar-refractivity contribution >= 4 is 5.97 Å². The maximum atomic E-state index is 11.3. The largest absolute Gasteiger partial charge is 0.467 e. The van der Waals surface area contributed by atoms with Gasteiger partial charge in [-0.15, -0.1) is 0 Å². The fourth-order valence-electron chi connectivity index (χ4n) is 2.00. The molecule has 0 aliphatic rings. The van der Waals surface area contributed by atoms with Gasteiger partial charge in [0.05, 0.1) is 25.4 Å². The molecule has 2 aromatic heterocycles. The molecule has 6 nitrogen and oxygen atoms in total. The van der Waals surface area contributed by atoms with Gasteiger partial charge in [-0.2, -0.15) is 5.10 Å². The predicted octanol–water partition coefficient (Wildman–Crippen LogP) is 1.96. The van der Waals surface area contributed by atoms with E-state index in [1.54, 1.807) is 6.07 Å². The number of nitrogens with zero attached hydrogens (tertiary/aromatic N) is 2. The van der Waals surface area contributed by atoms with Crippen molar-refractivity contribution in [1.29, 1.82) is 0 Å². The monoisotopic (exact) mass is 277 g/mol. The first kappa shape index (κ1) is 14.3. The summed E-state index contributed by atoms with van der Waals surface area (Å²) in [5.41, 5.74) is 2.70. The van der Waals surface area contributed by atoms with E-state index in [2.05, 4.69) is 22.1 Å². The maximum Gasteiger partial charge on any atom is 0.341 e. The van der Waals surface area contributed by atoms with Crippen LogP contribution in [0.2, 0.25) is 0 Å². The molecule has 0 aromatic carbocycles. The fourth-order valence-corrected chi connectivity index (χ4v) is 2.00. The second-order valence-electron chi connectivity index (χ2n) is 4.70. The Hall–Kier alpha value is -2.08. The summed E-state index contributed by atoms with van der Waals surface area (Å²) >= 11 is 0. The van der Waals surface area contributed by atoms with Crippen LogP contribution in [0.1, 0.15) is 40.3 Å².